The molecule has 90 valence electrons. The van der Waals surface area contributed by atoms with Crippen LogP contribution < -0.4 is 0 Å². The number of carbonyl (C=O) groups excluding carboxylic acids is 2. The average Bonchev–Trinajstić information content (AvgIpc) is 2.58. The minimum absolute atomic E-state index is 0.216. The van der Waals surface area contributed by atoms with E-state index in [1.54, 1.807) is 6.08 Å². The Kier molecular flexibility index (Phi) is 3.57. The summed E-state index contributed by atoms with van der Waals surface area (Å²) in [6, 6.07) is 0. The van der Waals surface area contributed by atoms with Crippen LogP contribution in [0.3, 0.4) is 0 Å². The number of allylic oxidation sites excluding steroid dienone is 1. The van der Waals surface area contributed by atoms with Gasteiger partial charge in [0.2, 0.25) is 0 Å². The molecular weight excluding hydrogens is 210 g/mol. The summed E-state index contributed by atoms with van der Waals surface area (Å²) in [7, 11) is 1.29. The normalized spacial score (nSPS) is 17.4. The zero-order valence-electron chi connectivity index (χ0n) is 10.1. The summed E-state index contributed by atoms with van der Waals surface area (Å²) in [5.74, 6) is -0.520. The Labute approximate surface area is 95.0 Å². The molecule has 5 nitrogen and oxygen atoms in total. The van der Waals surface area contributed by atoms with Gasteiger partial charge < -0.3 is 9.47 Å². The highest BCUT2D eigenvalue weighted by Crippen LogP contribution is 2.22. The number of hydrogen-bond donors (Lipinski definition) is 0. The van der Waals surface area contributed by atoms with Gasteiger partial charge in [-0.05, 0) is 11.5 Å². The van der Waals surface area contributed by atoms with Crippen LogP contribution in [0.4, 0.5) is 4.79 Å². The van der Waals surface area contributed by atoms with Gasteiger partial charge in [0, 0.05) is 0 Å². The van der Waals surface area contributed by atoms with Crippen molar-refractivity contribution in [1.29, 1.82) is 0 Å². The molecule has 1 aliphatic rings. The molecule has 0 aliphatic carbocycles. The lowest BCUT2D eigenvalue weighted by atomic mass is 9.95. The molecule has 1 fully saturated rings. The predicted molar refractivity (Wildman–Crippen MR) is 57.6 cm³/mol. The summed E-state index contributed by atoms with van der Waals surface area (Å²) in [4.78, 5) is 24.3. The van der Waals surface area contributed by atoms with Gasteiger partial charge >= 0.3 is 12.1 Å². The fourth-order valence-corrected chi connectivity index (χ4v) is 1.37. The summed E-state index contributed by atoms with van der Waals surface area (Å²) in [5, 5.41) is 0. The average molecular weight is 227 g/mol. The highest BCUT2D eigenvalue weighted by Gasteiger charge is 2.31. The second-order valence-electron chi connectivity index (χ2n) is 4.65. The van der Waals surface area contributed by atoms with Gasteiger partial charge in [-0.15, -0.1) is 0 Å². The van der Waals surface area contributed by atoms with Gasteiger partial charge in [-0.3, -0.25) is 4.90 Å². The second-order valence-corrected chi connectivity index (χ2v) is 4.65. The lowest BCUT2D eigenvalue weighted by Gasteiger charge is -2.20. The molecule has 0 saturated carbocycles. The van der Waals surface area contributed by atoms with Crippen LogP contribution in [0.5, 0.6) is 0 Å². The third kappa shape index (κ3) is 2.98. The van der Waals surface area contributed by atoms with Crippen LogP contribution in [-0.4, -0.2) is 37.2 Å². The quantitative estimate of drug-likeness (QED) is 0.530. The third-order valence-electron chi connectivity index (χ3n) is 2.02. The van der Waals surface area contributed by atoms with Gasteiger partial charge in [0.05, 0.1) is 13.7 Å². The SMILES string of the molecule is COC(=O)/C(=C/C(C)(C)C)N1CCOC1=O. The van der Waals surface area contributed by atoms with Crippen molar-refractivity contribution in [2.75, 3.05) is 20.3 Å². The van der Waals surface area contributed by atoms with E-state index in [2.05, 4.69) is 4.74 Å². The number of nitrogens with zero attached hydrogens (tertiary/aromatic N) is 1. The molecule has 0 aromatic heterocycles. The Hall–Kier alpha value is -1.52. The molecule has 0 atom stereocenters. The van der Waals surface area contributed by atoms with Crippen LogP contribution in [0.25, 0.3) is 0 Å². The van der Waals surface area contributed by atoms with Crippen molar-refractivity contribution < 1.29 is 19.1 Å². The minimum Gasteiger partial charge on any atom is -0.464 e. The van der Waals surface area contributed by atoms with E-state index in [1.165, 1.54) is 12.0 Å². The van der Waals surface area contributed by atoms with Crippen LogP contribution in [-0.2, 0) is 14.3 Å². The maximum Gasteiger partial charge on any atom is 0.414 e. The Morgan fingerprint density at radius 2 is 2.12 bits per heavy atom. The Morgan fingerprint density at radius 3 is 2.50 bits per heavy atom. The van der Waals surface area contributed by atoms with Crippen molar-refractivity contribution in [2.24, 2.45) is 5.41 Å². The monoisotopic (exact) mass is 227 g/mol. The molecule has 1 aliphatic heterocycles. The summed E-state index contributed by atoms with van der Waals surface area (Å²) >= 11 is 0. The van der Waals surface area contributed by atoms with Crippen molar-refractivity contribution in [3.05, 3.63) is 11.8 Å². The molecular formula is C11H17NO4. The van der Waals surface area contributed by atoms with Gasteiger partial charge in [0.25, 0.3) is 0 Å². The third-order valence-corrected chi connectivity index (χ3v) is 2.02. The summed E-state index contributed by atoms with van der Waals surface area (Å²) in [6.07, 6.45) is 1.21. The predicted octanol–water partition coefficient (Wildman–Crippen LogP) is 1.54. The van der Waals surface area contributed by atoms with Crippen LogP contribution in [0.2, 0.25) is 0 Å². The fourth-order valence-electron chi connectivity index (χ4n) is 1.37. The summed E-state index contributed by atoms with van der Waals surface area (Å²) in [6.45, 7) is 6.51. The van der Waals surface area contributed by atoms with Crippen LogP contribution in [0.15, 0.2) is 11.8 Å². The number of cyclic esters (lactones) is 1. The number of carbonyl (C=O) groups is 2. The molecule has 0 N–H and O–H groups in total. The maximum absolute atomic E-state index is 11.6. The van der Waals surface area contributed by atoms with Crippen molar-refractivity contribution >= 4 is 12.1 Å². The highest BCUT2D eigenvalue weighted by atomic mass is 16.6. The van der Waals surface area contributed by atoms with Gasteiger partial charge in [-0.25, -0.2) is 9.59 Å². The lowest BCUT2D eigenvalue weighted by Crippen LogP contribution is -2.30. The molecule has 0 spiro atoms. The molecule has 0 aromatic rings. The van der Waals surface area contributed by atoms with Crippen LogP contribution in [0, 0.1) is 5.41 Å². The maximum atomic E-state index is 11.6. The summed E-state index contributed by atoms with van der Waals surface area (Å²) in [5.41, 5.74) is 0.0318. The fraction of sp³-hybridized carbons (Fsp3) is 0.636. The first-order valence-electron chi connectivity index (χ1n) is 5.10. The Morgan fingerprint density at radius 1 is 1.50 bits per heavy atom. The van der Waals surface area contributed by atoms with Gasteiger partial charge in [-0.1, -0.05) is 20.8 Å². The largest absolute Gasteiger partial charge is 0.464 e. The van der Waals surface area contributed by atoms with E-state index >= 15 is 0 Å². The number of esters is 1. The van der Waals surface area contributed by atoms with Crippen LogP contribution in [0.1, 0.15) is 20.8 Å². The smallest absolute Gasteiger partial charge is 0.414 e. The molecule has 1 saturated heterocycles. The van der Waals surface area contributed by atoms with Crippen LogP contribution >= 0.6 is 0 Å². The van der Waals surface area contributed by atoms with E-state index < -0.39 is 12.1 Å². The second kappa shape index (κ2) is 4.55. The molecule has 1 heterocycles. The molecule has 0 bridgehead atoms. The minimum atomic E-state index is -0.520. The van der Waals surface area contributed by atoms with Crippen molar-refractivity contribution in [2.45, 2.75) is 20.8 Å². The number of amides is 1. The summed E-state index contributed by atoms with van der Waals surface area (Å²) < 4.78 is 9.46. The number of rotatable bonds is 2. The lowest BCUT2D eigenvalue weighted by molar-refractivity contribution is -0.137. The molecule has 1 amide bonds. The molecule has 0 radical (unpaired) electrons. The number of ether oxygens (including phenoxy) is 2. The zero-order valence-corrected chi connectivity index (χ0v) is 10.1. The van der Waals surface area contributed by atoms with Crippen molar-refractivity contribution in [3.63, 3.8) is 0 Å². The van der Waals surface area contributed by atoms with E-state index in [9.17, 15) is 9.59 Å². The first-order chi connectivity index (χ1) is 7.35. The Balaban J connectivity index is 3.01. The first-order valence-corrected chi connectivity index (χ1v) is 5.10. The van der Waals surface area contributed by atoms with Crippen molar-refractivity contribution in [1.82, 2.24) is 4.90 Å². The molecule has 0 unspecified atom stereocenters. The van der Waals surface area contributed by atoms with Gasteiger partial charge in [-0.2, -0.15) is 0 Å². The van der Waals surface area contributed by atoms with Gasteiger partial charge in [0.15, 0.2) is 0 Å². The van der Waals surface area contributed by atoms with Gasteiger partial charge in [0.1, 0.15) is 12.3 Å². The molecule has 0 aromatic carbocycles. The molecule has 1 rings (SSSR count). The van der Waals surface area contributed by atoms with E-state index in [-0.39, 0.29) is 11.1 Å². The Bertz CT molecular complexity index is 327. The highest BCUT2D eigenvalue weighted by molar-refractivity contribution is 5.92. The molecule has 16 heavy (non-hydrogen) atoms. The standard InChI is InChI=1S/C11H17NO4/c1-11(2,3)7-8(9(13)15-4)12-5-6-16-10(12)14/h7H,5-6H2,1-4H3/b8-7-. The van der Waals surface area contributed by atoms with E-state index in [0.29, 0.717) is 13.2 Å². The topological polar surface area (TPSA) is 55.8 Å². The number of hydrogen-bond acceptors (Lipinski definition) is 4. The first kappa shape index (κ1) is 12.5. The van der Waals surface area contributed by atoms with E-state index in [0.717, 1.165) is 0 Å². The van der Waals surface area contributed by atoms with E-state index in [1.807, 2.05) is 20.8 Å². The number of methoxy groups -OCH3 is 1. The molecule has 5 heteroatoms. The van der Waals surface area contributed by atoms with E-state index in [4.69, 9.17) is 4.74 Å². The van der Waals surface area contributed by atoms with Crippen molar-refractivity contribution in [3.8, 4) is 0 Å². The zero-order chi connectivity index (χ0) is 12.3.